The smallest absolute Gasteiger partial charge is 0.229 e. The lowest BCUT2D eigenvalue weighted by molar-refractivity contribution is -0.000547. The van der Waals surface area contributed by atoms with Gasteiger partial charge in [-0.3, -0.25) is 4.79 Å². The van der Waals surface area contributed by atoms with Gasteiger partial charge in [0.05, 0.1) is 0 Å². The van der Waals surface area contributed by atoms with Gasteiger partial charge < -0.3 is 9.15 Å². The molecule has 1 aromatic heterocycles. The maximum atomic E-state index is 13.5. The molecule has 0 atom stereocenters. The van der Waals surface area contributed by atoms with E-state index in [1.54, 1.807) is 32.0 Å². The second-order valence-electron chi connectivity index (χ2n) is 4.54. The number of fused-ring (bicyclic) bond motifs is 1. The van der Waals surface area contributed by atoms with Gasteiger partial charge in [0.2, 0.25) is 5.78 Å². The van der Waals surface area contributed by atoms with Crippen molar-refractivity contribution in [2.24, 2.45) is 0 Å². The Hall–Kier alpha value is -1.68. The van der Waals surface area contributed by atoms with Crippen LogP contribution in [0.2, 0.25) is 0 Å². The summed E-state index contributed by atoms with van der Waals surface area (Å²) in [5.74, 6) is -0.644. The number of halogens is 1. The van der Waals surface area contributed by atoms with E-state index in [2.05, 4.69) is 0 Å². The van der Waals surface area contributed by atoms with Gasteiger partial charge in [-0.25, -0.2) is 4.39 Å². The molecule has 0 N–H and O–H groups in total. The summed E-state index contributed by atoms with van der Waals surface area (Å²) in [4.78, 5) is 12.2. The van der Waals surface area contributed by atoms with Crippen LogP contribution in [0.4, 0.5) is 4.39 Å². The molecule has 18 heavy (non-hydrogen) atoms. The quantitative estimate of drug-likeness (QED) is 0.779. The largest absolute Gasteiger partial charge is 0.450 e. The van der Waals surface area contributed by atoms with Crippen LogP contribution in [0.5, 0.6) is 0 Å². The van der Waals surface area contributed by atoms with Gasteiger partial charge in [-0.15, -0.1) is 0 Å². The topological polar surface area (TPSA) is 39.4 Å². The lowest BCUT2D eigenvalue weighted by atomic mass is 10.0. The summed E-state index contributed by atoms with van der Waals surface area (Å²) in [7, 11) is 0. The number of rotatable bonds is 4. The zero-order valence-electron chi connectivity index (χ0n) is 10.6. The van der Waals surface area contributed by atoms with Gasteiger partial charge >= 0.3 is 0 Å². The minimum atomic E-state index is -0.973. The Labute approximate surface area is 105 Å². The second-order valence-corrected chi connectivity index (χ2v) is 4.54. The molecule has 0 saturated heterocycles. The van der Waals surface area contributed by atoms with Crippen molar-refractivity contribution < 1.29 is 18.3 Å². The summed E-state index contributed by atoms with van der Waals surface area (Å²) in [6.45, 7) is 5.57. The lowest BCUT2D eigenvalue weighted by Crippen LogP contribution is -2.34. The Morgan fingerprint density at radius 2 is 2.17 bits per heavy atom. The number of hydrogen-bond acceptors (Lipinski definition) is 3. The first-order valence-electron chi connectivity index (χ1n) is 5.82. The van der Waals surface area contributed by atoms with Crippen molar-refractivity contribution in [2.45, 2.75) is 26.4 Å². The van der Waals surface area contributed by atoms with Gasteiger partial charge in [0.15, 0.2) is 17.2 Å². The van der Waals surface area contributed by atoms with Crippen molar-refractivity contribution >= 4 is 16.8 Å². The Morgan fingerprint density at radius 3 is 2.78 bits per heavy atom. The highest BCUT2D eigenvalue weighted by Gasteiger charge is 2.31. The van der Waals surface area contributed by atoms with Crippen LogP contribution in [-0.2, 0) is 4.74 Å². The Balaban J connectivity index is 2.43. The van der Waals surface area contributed by atoms with Gasteiger partial charge in [0, 0.05) is 12.0 Å². The summed E-state index contributed by atoms with van der Waals surface area (Å²) in [5, 5.41) is 0.575. The maximum Gasteiger partial charge on any atom is 0.229 e. The molecule has 2 rings (SSSR count). The lowest BCUT2D eigenvalue weighted by Gasteiger charge is -2.21. The van der Waals surface area contributed by atoms with Crippen LogP contribution in [-0.4, -0.2) is 18.0 Å². The molecule has 96 valence electrons. The first-order valence-corrected chi connectivity index (χ1v) is 5.82. The molecule has 0 fully saturated rings. The van der Waals surface area contributed by atoms with E-state index >= 15 is 0 Å². The van der Waals surface area contributed by atoms with Crippen LogP contribution in [0, 0.1) is 5.82 Å². The number of ether oxygens (including phenoxy) is 1. The number of Topliss-reactive ketones (excluding diaryl/α,β-unsaturated/α-hetero) is 1. The van der Waals surface area contributed by atoms with Gasteiger partial charge in [0.25, 0.3) is 0 Å². The normalized spacial score (nSPS) is 12.0. The van der Waals surface area contributed by atoms with Crippen LogP contribution in [0.25, 0.3) is 11.0 Å². The summed E-state index contributed by atoms with van der Waals surface area (Å²) in [6.07, 6.45) is 0. The highest BCUT2D eigenvalue weighted by molar-refractivity contribution is 6.02. The van der Waals surface area contributed by atoms with Crippen molar-refractivity contribution in [1.29, 1.82) is 0 Å². The van der Waals surface area contributed by atoms with E-state index in [9.17, 15) is 9.18 Å². The summed E-state index contributed by atoms with van der Waals surface area (Å²) in [5.41, 5.74) is -0.868. The van der Waals surface area contributed by atoms with Crippen LogP contribution >= 0.6 is 0 Å². The molecule has 0 aliphatic carbocycles. The third-order valence-corrected chi connectivity index (χ3v) is 2.77. The fraction of sp³-hybridized carbons (Fsp3) is 0.357. The molecular weight excluding hydrogens is 235 g/mol. The molecule has 3 nitrogen and oxygen atoms in total. The number of benzene rings is 1. The molecule has 0 unspecified atom stereocenters. The number of para-hydroxylation sites is 1. The van der Waals surface area contributed by atoms with Crippen molar-refractivity contribution in [2.75, 3.05) is 6.61 Å². The monoisotopic (exact) mass is 250 g/mol. The molecule has 0 bridgehead atoms. The van der Waals surface area contributed by atoms with Crippen molar-refractivity contribution in [3.8, 4) is 0 Å². The average molecular weight is 250 g/mol. The number of furan rings is 1. The van der Waals surface area contributed by atoms with E-state index in [1.807, 2.05) is 6.92 Å². The summed E-state index contributed by atoms with van der Waals surface area (Å²) in [6, 6.07) is 6.12. The Kier molecular flexibility index (Phi) is 3.22. The predicted octanol–water partition coefficient (Wildman–Crippen LogP) is 3.57. The number of hydrogen-bond donors (Lipinski definition) is 0. The fourth-order valence-electron chi connectivity index (χ4n) is 1.86. The molecule has 4 heteroatoms. The van der Waals surface area contributed by atoms with E-state index in [4.69, 9.17) is 9.15 Å². The van der Waals surface area contributed by atoms with Gasteiger partial charge in [-0.1, -0.05) is 12.1 Å². The number of ketones is 1. The van der Waals surface area contributed by atoms with Crippen molar-refractivity contribution in [3.05, 3.63) is 35.8 Å². The predicted molar refractivity (Wildman–Crippen MR) is 66.2 cm³/mol. The first kappa shape index (κ1) is 12.8. The molecule has 0 spiro atoms. The molecule has 1 heterocycles. The first-order chi connectivity index (χ1) is 8.45. The van der Waals surface area contributed by atoms with Crippen LogP contribution in [0.3, 0.4) is 0 Å². The van der Waals surface area contributed by atoms with E-state index in [-0.39, 0.29) is 17.1 Å². The Bertz CT molecular complexity index is 584. The number of carbonyl (C=O) groups is 1. The van der Waals surface area contributed by atoms with Crippen LogP contribution in [0.15, 0.2) is 28.7 Å². The third-order valence-electron chi connectivity index (χ3n) is 2.77. The van der Waals surface area contributed by atoms with Crippen LogP contribution < -0.4 is 0 Å². The molecule has 0 aliphatic rings. The van der Waals surface area contributed by atoms with Crippen LogP contribution in [0.1, 0.15) is 31.3 Å². The molecule has 0 aliphatic heterocycles. The van der Waals surface area contributed by atoms with E-state index in [1.165, 1.54) is 6.07 Å². The molecule has 0 radical (unpaired) electrons. The maximum absolute atomic E-state index is 13.5. The van der Waals surface area contributed by atoms with E-state index < -0.39 is 11.4 Å². The Morgan fingerprint density at radius 1 is 1.44 bits per heavy atom. The molecule has 1 aromatic carbocycles. The second kappa shape index (κ2) is 4.53. The standard InChI is InChI=1S/C14H15FO3/c1-4-17-14(2,3)13(16)11-8-9-6-5-7-10(15)12(9)18-11/h5-8H,4H2,1-3H3. The molecular formula is C14H15FO3. The van der Waals surface area contributed by atoms with Gasteiger partial charge in [-0.2, -0.15) is 0 Å². The van der Waals surface area contributed by atoms with Gasteiger partial charge in [0.1, 0.15) is 5.60 Å². The van der Waals surface area contributed by atoms with Crippen molar-refractivity contribution in [3.63, 3.8) is 0 Å². The molecule has 0 saturated carbocycles. The minimum Gasteiger partial charge on any atom is -0.450 e. The third kappa shape index (κ3) is 2.16. The summed E-state index contributed by atoms with van der Waals surface area (Å²) >= 11 is 0. The van der Waals surface area contributed by atoms with Crippen molar-refractivity contribution in [1.82, 2.24) is 0 Å². The average Bonchev–Trinajstić information content (AvgIpc) is 2.73. The van der Waals surface area contributed by atoms with Gasteiger partial charge in [-0.05, 0) is 32.9 Å². The summed E-state index contributed by atoms with van der Waals surface area (Å²) < 4.78 is 24.1. The molecule has 2 aromatic rings. The SMILES string of the molecule is CCOC(C)(C)C(=O)c1cc2cccc(F)c2o1. The highest BCUT2D eigenvalue weighted by atomic mass is 19.1. The molecule has 0 amide bonds. The van der Waals surface area contributed by atoms with E-state index in [0.717, 1.165) is 0 Å². The zero-order valence-corrected chi connectivity index (χ0v) is 10.6. The minimum absolute atomic E-state index is 0.105. The fourth-order valence-corrected chi connectivity index (χ4v) is 1.86. The number of carbonyl (C=O) groups excluding carboxylic acids is 1. The zero-order chi connectivity index (χ0) is 13.3. The highest BCUT2D eigenvalue weighted by Crippen LogP contribution is 2.25. The van der Waals surface area contributed by atoms with E-state index in [0.29, 0.717) is 12.0 Å².